The fourth-order valence-corrected chi connectivity index (χ4v) is 3.01. The predicted molar refractivity (Wildman–Crippen MR) is 63.9 cm³/mol. The predicted octanol–water partition coefficient (Wildman–Crippen LogP) is -0.0664. The lowest BCUT2D eigenvalue weighted by Crippen LogP contribution is -2.42. The van der Waals surface area contributed by atoms with Crippen LogP contribution >= 0.6 is 0 Å². The summed E-state index contributed by atoms with van der Waals surface area (Å²) in [4.78, 5) is 0.189. The van der Waals surface area contributed by atoms with E-state index in [1.165, 1.54) is 12.4 Å². The number of nitrogens with one attached hydrogen (secondary N) is 3. The van der Waals surface area contributed by atoms with Gasteiger partial charge in [-0.1, -0.05) is 6.92 Å². The maximum Gasteiger partial charge on any atom is 0.243 e. The number of hydrogen-bond acceptors (Lipinski definition) is 4. The number of aromatic nitrogens is 2. The summed E-state index contributed by atoms with van der Waals surface area (Å²) in [6, 6.07) is 0. The highest BCUT2D eigenvalue weighted by molar-refractivity contribution is 7.89. The Labute approximate surface area is 101 Å². The zero-order chi connectivity index (χ0) is 12.3. The first-order valence-corrected chi connectivity index (χ1v) is 7.27. The second-order valence-corrected chi connectivity index (χ2v) is 6.28. The second kappa shape index (κ2) is 5.16. The Bertz CT molecular complexity index is 443. The molecule has 0 amide bonds. The molecule has 0 spiro atoms. The average molecular weight is 258 g/mol. The van der Waals surface area contributed by atoms with Gasteiger partial charge < -0.3 is 5.32 Å². The molecule has 7 heteroatoms. The van der Waals surface area contributed by atoms with E-state index in [4.69, 9.17) is 0 Å². The van der Waals surface area contributed by atoms with Gasteiger partial charge in [-0.15, -0.1) is 0 Å². The standard InChI is InChI=1S/C10H18N4O2S/c1-8-2-3-11-4-9(8)5-14-17(15,16)10-6-12-13-7-10/h6-9,11,14H,2-5H2,1H3,(H,12,13). The van der Waals surface area contributed by atoms with E-state index in [1.54, 1.807) is 0 Å². The van der Waals surface area contributed by atoms with Crippen molar-refractivity contribution >= 4 is 10.0 Å². The lowest BCUT2D eigenvalue weighted by Gasteiger charge is -2.29. The number of sulfonamides is 1. The molecule has 2 rings (SSSR count). The molecule has 96 valence electrons. The molecule has 0 saturated carbocycles. The molecular weight excluding hydrogens is 240 g/mol. The quantitative estimate of drug-likeness (QED) is 0.706. The second-order valence-electron chi connectivity index (χ2n) is 4.52. The van der Waals surface area contributed by atoms with Gasteiger partial charge in [-0.25, -0.2) is 13.1 Å². The van der Waals surface area contributed by atoms with Crippen molar-refractivity contribution < 1.29 is 8.42 Å². The highest BCUT2D eigenvalue weighted by Crippen LogP contribution is 2.18. The van der Waals surface area contributed by atoms with E-state index in [2.05, 4.69) is 27.2 Å². The van der Waals surface area contributed by atoms with E-state index in [9.17, 15) is 8.42 Å². The van der Waals surface area contributed by atoms with Crippen LogP contribution in [0.4, 0.5) is 0 Å². The van der Waals surface area contributed by atoms with Crippen LogP contribution in [0.15, 0.2) is 17.3 Å². The molecule has 1 aliphatic heterocycles. The van der Waals surface area contributed by atoms with Gasteiger partial charge in [-0.2, -0.15) is 5.10 Å². The summed E-state index contributed by atoms with van der Waals surface area (Å²) in [6.07, 6.45) is 3.79. The minimum absolute atomic E-state index is 0.189. The van der Waals surface area contributed by atoms with E-state index >= 15 is 0 Å². The molecule has 1 aromatic heterocycles. The van der Waals surface area contributed by atoms with Crippen molar-refractivity contribution in [2.45, 2.75) is 18.2 Å². The van der Waals surface area contributed by atoms with Crippen LogP contribution in [0.5, 0.6) is 0 Å². The fraction of sp³-hybridized carbons (Fsp3) is 0.700. The topological polar surface area (TPSA) is 86.9 Å². The summed E-state index contributed by atoms with van der Waals surface area (Å²) in [7, 11) is -3.41. The Kier molecular flexibility index (Phi) is 3.80. The minimum Gasteiger partial charge on any atom is -0.316 e. The molecule has 17 heavy (non-hydrogen) atoms. The zero-order valence-corrected chi connectivity index (χ0v) is 10.6. The molecule has 1 fully saturated rings. The largest absolute Gasteiger partial charge is 0.316 e. The highest BCUT2D eigenvalue weighted by Gasteiger charge is 2.23. The van der Waals surface area contributed by atoms with Gasteiger partial charge in [0.25, 0.3) is 0 Å². The lowest BCUT2D eigenvalue weighted by molar-refractivity contribution is 0.275. The number of nitrogens with zero attached hydrogens (tertiary/aromatic N) is 1. The molecular formula is C10H18N4O2S. The molecule has 6 nitrogen and oxygen atoms in total. The molecule has 1 aromatic rings. The van der Waals surface area contributed by atoms with Gasteiger partial charge in [-0.3, -0.25) is 5.10 Å². The molecule has 2 atom stereocenters. The molecule has 1 aliphatic rings. The van der Waals surface area contributed by atoms with Crippen molar-refractivity contribution in [1.29, 1.82) is 0 Å². The SMILES string of the molecule is CC1CCNCC1CNS(=O)(=O)c1cn[nH]c1. The first-order chi connectivity index (χ1) is 8.09. The van der Waals surface area contributed by atoms with Crippen LogP contribution in [-0.2, 0) is 10.0 Å². The van der Waals surface area contributed by atoms with Crippen LogP contribution in [0.25, 0.3) is 0 Å². The fourth-order valence-electron chi connectivity index (χ4n) is 2.01. The summed E-state index contributed by atoms with van der Waals surface area (Å²) >= 11 is 0. The van der Waals surface area contributed by atoms with Crippen molar-refractivity contribution in [3.05, 3.63) is 12.4 Å². The van der Waals surface area contributed by atoms with Crippen LogP contribution in [0.2, 0.25) is 0 Å². The Morgan fingerprint density at radius 1 is 1.59 bits per heavy atom. The highest BCUT2D eigenvalue weighted by atomic mass is 32.2. The van der Waals surface area contributed by atoms with Crippen molar-refractivity contribution in [3.8, 4) is 0 Å². The van der Waals surface area contributed by atoms with Crippen molar-refractivity contribution in [2.24, 2.45) is 11.8 Å². The van der Waals surface area contributed by atoms with Gasteiger partial charge in [0.15, 0.2) is 0 Å². The van der Waals surface area contributed by atoms with Crippen LogP contribution in [0.1, 0.15) is 13.3 Å². The molecule has 0 radical (unpaired) electrons. The average Bonchev–Trinajstić information content (AvgIpc) is 2.82. The first-order valence-electron chi connectivity index (χ1n) is 5.79. The summed E-state index contributed by atoms with van der Waals surface area (Å²) in [5.41, 5.74) is 0. The van der Waals surface area contributed by atoms with Crippen molar-refractivity contribution in [1.82, 2.24) is 20.2 Å². The molecule has 1 saturated heterocycles. The van der Waals surface area contributed by atoms with E-state index in [0.29, 0.717) is 18.4 Å². The Hall–Kier alpha value is -0.920. The van der Waals surface area contributed by atoms with Gasteiger partial charge in [0.2, 0.25) is 10.0 Å². The zero-order valence-electron chi connectivity index (χ0n) is 9.81. The van der Waals surface area contributed by atoms with Gasteiger partial charge in [0.1, 0.15) is 4.90 Å². The van der Waals surface area contributed by atoms with E-state index in [0.717, 1.165) is 19.5 Å². The third-order valence-electron chi connectivity index (χ3n) is 3.31. The summed E-state index contributed by atoms with van der Waals surface area (Å²) < 4.78 is 26.3. The number of aromatic amines is 1. The van der Waals surface area contributed by atoms with E-state index in [1.807, 2.05) is 0 Å². The molecule has 0 aliphatic carbocycles. The smallest absolute Gasteiger partial charge is 0.243 e. The molecule has 2 heterocycles. The van der Waals surface area contributed by atoms with Crippen LogP contribution in [0, 0.1) is 11.8 Å². The molecule has 0 bridgehead atoms. The Balaban J connectivity index is 1.93. The first kappa shape index (κ1) is 12.5. The molecule has 3 N–H and O–H groups in total. The van der Waals surface area contributed by atoms with Crippen molar-refractivity contribution in [2.75, 3.05) is 19.6 Å². The van der Waals surface area contributed by atoms with Gasteiger partial charge in [0, 0.05) is 12.7 Å². The minimum atomic E-state index is -3.41. The van der Waals surface area contributed by atoms with Gasteiger partial charge in [-0.05, 0) is 31.3 Å². The maximum atomic E-state index is 11.9. The van der Waals surface area contributed by atoms with Crippen LogP contribution in [-0.4, -0.2) is 38.2 Å². The lowest BCUT2D eigenvalue weighted by atomic mass is 9.88. The number of piperidine rings is 1. The van der Waals surface area contributed by atoms with Crippen molar-refractivity contribution in [3.63, 3.8) is 0 Å². The van der Waals surface area contributed by atoms with Crippen LogP contribution < -0.4 is 10.0 Å². The Morgan fingerprint density at radius 2 is 2.41 bits per heavy atom. The van der Waals surface area contributed by atoms with E-state index in [-0.39, 0.29) is 4.90 Å². The summed E-state index contributed by atoms with van der Waals surface area (Å²) in [5.74, 6) is 0.897. The molecule has 0 aromatic carbocycles. The van der Waals surface area contributed by atoms with Gasteiger partial charge >= 0.3 is 0 Å². The maximum absolute atomic E-state index is 11.9. The van der Waals surface area contributed by atoms with Gasteiger partial charge in [0.05, 0.1) is 6.20 Å². The number of hydrogen-bond donors (Lipinski definition) is 3. The monoisotopic (exact) mass is 258 g/mol. The number of rotatable bonds is 4. The third kappa shape index (κ3) is 3.05. The summed E-state index contributed by atoms with van der Waals surface area (Å²) in [6.45, 7) is 4.53. The Morgan fingerprint density at radius 3 is 3.06 bits per heavy atom. The molecule has 2 unspecified atom stereocenters. The number of H-pyrrole nitrogens is 1. The van der Waals surface area contributed by atoms with E-state index < -0.39 is 10.0 Å². The summed E-state index contributed by atoms with van der Waals surface area (Å²) in [5, 5.41) is 9.43. The third-order valence-corrected chi connectivity index (χ3v) is 4.70. The van der Waals surface area contributed by atoms with Crippen LogP contribution in [0.3, 0.4) is 0 Å². The normalized spacial score (nSPS) is 25.9.